The van der Waals surface area contributed by atoms with Crippen molar-refractivity contribution in [1.29, 1.82) is 5.26 Å². The lowest BCUT2D eigenvalue weighted by atomic mass is 9.94. The van der Waals surface area contributed by atoms with Crippen LogP contribution in [0.5, 0.6) is 6.01 Å². The molecule has 9 nitrogen and oxygen atoms in total. The number of hydrogen-bond acceptors (Lipinski definition) is 8. The molecule has 5 heterocycles. The smallest absolute Gasteiger partial charge is 0.320 e. The molecule has 47 heavy (non-hydrogen) atoms. The van der Waals surface area contributed by atoms with Crippen LogP contribution in [0.4, 0.5) is 23.4 Å². The number of amides is 1. The first-order valence-corrected chi connectivity index (χ1v) is 15.5. The van der Waals surface area contributed by atoms with Crippen molar-refractivity contribution < 1.29 is 27.1 Å². The maximum absolute atomic E-state index is 15.0. The Morgan fingerprint density at radius 1 is 1.09 bits per heavy atom. The largest absolute Gasteiger partial charge is 0.461 e. The van der Waals surface area contributed by atoms with E-state index in [0.717, 1.165) is 6.42 Å². The van der Waals surface area contributed by atoms with Gasteiger partial charge in [0.25, 0.3) is 11.8 Å². The van der Waals surface area contributed by atoms with Gasteiger partial charge in [-0.2, -0.15) is 15.2 Å². The van der Waals surface area contributed by atoms with Crippen LogP contribution in [0.3, 0.4) is 0 Å². The second-order valence-corrected chi connectivity index (χ2v) is 12.5. The summed E-state index contributed by atoms with van der Waals surface area (Å²) in [4.78, 5) is 31.6. The molecule has 0 saturated carbocycles. The summed E-state index contributed by atoms with van der Waals surface area (Å²) in [5.41, 5.74) is 0.419. The molecular formula is C34H31F4N7O2. The number of piperazine rings is 1. The second kappa shape index (κ2) is 11.8. The van der Waals surface area contributed by atoms with E-state index in [1.807, 2.05) is 23.1 Å². The number of nitrogens with zero attached hydrogens (tertiary/aromatic N) is 7. The highest BCUT2D eigenvalue weighted by atomic mass is 19.3. The predicted molar refractivity (Wildman–Crippen MR) is 167 cm³/mol. The van der Waals surface area contributed by atoms with Crippen LogP contribution in [-0.2, 0) is 4.79 Å². The molecule has 2 aromatic carbocycles. The van der Waals surface area contributed by atoms with E-state index in [2.05, 4.69) is 17.6 Å². The summed E-state index contributed by atoms with van der Waals surface area (Å²) in [6.07, 6.45) is 0.971. The Kier molecular flexibility index (Phi) is 7.71. The highest BCUT2D eigenvalue weighted by molar-refractivity contribution is 5.98. The van der Waals surface area contributed by atoms with Gasteiger partial charge in [0, 0.05) is 37.0 Å². The highest BCUT2D eigenvalue weighted by Gasteiger charge is 2.57. The number of anilines is 1. The number of pyridine rings is 1. The van der Waals surface area contributed by atoms with Gasteiger partial charge in [-0.15, -0.1) is 0 Å². The summed E-state index contributed by atoms with van der Waals surface area (Å²) in [7, 11) is 0. The highest BCUT2D eigenvalue weighted by Crippen LogP contribution is 2.46. The van der Waals surface area contributed by atoms with E-state index in [0.29, 0.717) is 46.2 Å². The standard InChI is InChI=1S/C34H31F4N7O2/c1-21(35)31(46)45-16-15-43(17-23(45)11-13-39)30-25-9-10-27(24-7-2-5-22-6-3-8-26(36)28(22)24)40-29(25)41-32(42-30)47-20-33-12-4-14-44(33)19-34(37,38)18-33/h2-3,5-10,23H,1,4,11-12,14-20H2/t23-,33-/m0/s1. The molecule has 0 bridgehead atoms. The van der Waals surface area contributed by atoms with E-state index in [1.165, 1.54) is 11.0 Å². The van der Waals surface area contributed by atoms with Crippen LogP contribution in [0.15, 0.2) is 60.9 Å². The predicted octanol–water partition coefficient (Wildman–Crippen LogP) is 5.65. The third-order valence-electron chi connectivity index (χ3n) is 9.47. The van der Waals surface area contributed by atoms with Crippen LogP contribution in [0, 0.1) is 17.1 Å². The third-order valence-corrected chi connectivity index (χ3v) is 9.47. The van der Waals surface area contributed by atoms with E-state index in [9.17, 15) is 23.2 Å². The molecule has 0 radical (unpaired) electrons. The molecular weight excluding hydrogens is 614 g/mol. The summed E-state index contributed by atoms with van der Waals surface area (Å²) < 4.78 is 64.0. The van der Waals surface area contributed by atoms with E-state index in [1.54, 1.807) is 29.2 Å². The van der Waals surface area contributed by atoms with E-state index >= 15 is 4.39 Å². The first-order valence-electron chi connectivity index (χ1n) is 15.5. The van der Waals surface area contributed by atoms with Gasteiger partial charge < -0.3 is 14.5 Å². The first kappa shape index (κ1) is 30.8. The Morgan fingerprint density at radius 2 is 1.89 bits per heavy atom. The Hall–Kier alpha value is -4.83. The minimum atomic E-state index is -2.82. The monoisotopic (exact) mass is 645 g/mol. The molecule has 13 heteroatoms. The van der Waals surface area contributed by atoms with Gasteiger partial charge in [0.2, 0.25) is 0 Å². The summed E-state index contributed by atoms with van der Waals surface area (Å²) in [5, 5.41) is 11.1. The van der Waals surface area contributed by atoms with Crippen molar-refractivity contribution in [2.24, 2.45) is 0 Å². The van der Waals surface area contributed by atoms with Gasteiger partial charge >= 0.3 is 6.01 Å². The lowest BCUT2D eigenvalue weighted by Gasteiger charge is -2.41. The number of alkyl halides is 2. The SMILES string of the molecule is C=C(F)C(=O)N1CCN(c2nc(OC[C@@]34CCCN3CC(F)(F)C4)nc3nc(-c4cccc5cccc(F)c45)ccc23)C[C@@H]1CC#N. The van der Waals surface area contributed by atoms with Crippen LogP contribution < -0.4 is 9.64 Å². The molecule has 242 valence electrons. The van der Waals surface area contributed by atoms with E-state index < -0.39 is 35.1 Å². The van der Waals surface area contributed by atoms with Gasteiger partial charge in [0.05, 0.1) is 41.7 Å². The van der Waals surface area contributed by atoms with Gasteiger partial charge in [-0.1, -0.05) is 36.9 Å². The van der Waals surface area contributed by atoms with Crippen LogP contribution in [-0.4, -0.2) is 87.5 Å². The molecule has 3 aliphatic rings. The molecule has 2 atom stereocenters. The summed E-state index contributed by atoms with van der Waals surface area (Å²) in [6.45, 7) is 3.82. The van der Waals surface area contributed by atoms with Crippen LogP contribution >= 0.6 is 0 Å². The average Bonchev–Trinajstić information content (AvgIpc) is 3.54. The van der Waals surface area contributed by atoms with Crippen molar-refractivity contribution in [3.8, 4) is 23.3 Å². The lowest BCUT2D eigenvalue weighted by Crippen LogP contribution is -2.55. The molecule has 3 aliphatic heterocycles. The summed E-state index contributed by atoms with van der Waals surface area (Å²) >= 11 is 0. The topological polar surface area (TPSA) is 98.5 Å². The molecule has 0 aliphatic carbocycles. The number of fused-ring (bicyclic) bond motifs is 3. The maximum atomic E-state index is 15.0. The number of halogens is 4. The van der Waals surface area contributed by atoms with Gasteiger partial charge in [-0.25, -0.2) is 22.5 Å². The number of nitriles is 1. The molecule has 0 unspecified atom stereocenters. The van der Waals surface area contributed by atoms with Crippen LogP contribution in [0.1, 0.15) is 25.7 Å². The third kappa shape index (κ3) is 5.60. The summed E-state index contributed by atoms with van der Waals surface area (Å²) in [6, 6.07) is 15.1. The van der Waals surface area contributed by atoms with Crippen molar-refractivity contribution in [3.05, 3.63) is 66.8 Å². The second-order valence-electron chi connectivity index (χ2n) is 12.5. The normalized spacial score (nSPS) is 22.4. The number of carbonyl (C=O) groups is 1. The zero-order valence-electron chi connectivity index (χ0n) is 25.4. The van der Waals surface area contributed by atoms with Gasteiger partial charge in [-0.05, 0) is 43.0 Å². The van der Waals surface area contributed by atoms with Crippen molar-refractivity contribution in [2.75, 3.05) is 44.2 Å². The molecule has 1 amide bonds. The fourth-order valence-corrected chi connectivity index (χ4v) is 7.36. The van der Waals surface area contributed by atoms with Gasteiger partial charge in [-0.3, -0.25) is 9.69 Å². The fourth-order valence-electron chi connectivity index (χ4n) is 7.36. The number of rotatable bonds is 7. The number of benzene rings is 2. The van der Waals surface area contributed by atoms with E-state index in [4.69, 9.17) is 14.7 Å². The zero-order chi connectivity index (χ0) is 32.9. The maximum Gasteiger partial charge on any atom is 0.320 e. The zero-order valence-corrected chi connectivity index (χ0v) is 25.4. The minimum absolute atomic E-state index is 0.0420. The van der Waals surface area contributed by atoms with Gasteiger partial charge in [0.15, 0.2) is 11.5 Å². The average molecular weight is 646 g/mol. The van der Waals surface area contributed by atoms with E-state index in [-0.39, 0.29) is 57.3 Å². The quantitative estimate of drug-likeness (QED) is 0.188. The number of carbonyl (C=O) groups excluding carboxylic acids is 1. The molecule has 3 fully saturated rings. The Labute approximate surface area is 268 Å². The number of aromatic nitrogens is 3. The van der Waals surface area contributed by atoms with Crippen LogP contribution in [0.2, 0.25) is 0 Å². The van der Waals surface area contributed by atoms with Crippen molar-refractivity contribution in [3.63, 3.8) is 0 Å². The molecule has 2 aromatic heterocycles. The van der Waals surface area contributed by atoms with Crippen molar-refractivity contribution >= 4 is 33.5 Å². The first-order chi connectivity index (χ1) is 22.6. The fraction of sp³-hybridized carbons (Fsp3) is 0.382. The molecule has 0 spiro atoms. The molecule has 7 rings (SSSR count). The van der Waals surface area contributed by atoms with Crippen molar-refractivity contribution in [2.45, 2.75) is 43.2 Å². The van der Waals surface area contributed by atoms with Gasteiger partial charge in [0.1, 0.15) is 18.2 Å². The Bertz CT molecular complexity index is 1940. The minimum Gasteiger partial charge on any atom is -0.461 e. The Morgan fingerprint density at radius 3 is 2.68 bits per heavy atom. The van der Waals surface area contributed by atoms with Crippen molar-refractivity contribution in [1.82, 2.24) is 24.8 Å². The summed E-state index contributed by atoms with van der Waals surface area (Å²) in [5.74, 6) is -4.79. The lowest BCUT2D eigenvalue weighted by molar-refractivity contribution is -0.131. The molecule has 4 aromatic rings. The number of hydrogen-bond donors (Lipinski definition) is 0. The Balaban J connectivity index is 1.30. The number of ether oxygens (including phenoxy) is 1. The molecule has 0 N–H and O–H groups in total. The van der Waals surface area contributed by atoms with Crippen LogP contribution in [0.25, 0.3) is 33.1 Å². The molecule has 3 saturated heterocycles.